The SMILES string of the molecule is CC1=CC[C@H](/C=C/c2ccccc2)OC1=O. The molecule has 1 aliphatic heterocycles. The first kappa shape index (κ1) is 10.7. The predicted molar refractivity (Wildman–Crippen MR) is 63.7 cm³/mol. The lowest BCUT2D eigenvalue weighted by Gasteiger charge is -2.17. The Labute approximate surface area is 95.2 Å². The first-order valence-electron chi connectivity index (χ1n) is 5.37. The summed E-state index contributed by atoms with van der Waals surface area (Å²) < 4.78 is 5.23. The van der Waals surface area contributed by atoms with E-state index >= 15 is 0 Å². The number of carbonyl (C=O) groups excluding carboxylic acids is 1. The Kier molecular flexibility index (Phi) is 3.20. The van der Waals surface area contributed by atoms with Crippen molar-refractivity contribution in [2.45, 2.75) is 19.4 Å². The number of cyclic esters (lactones) is 1. The van der Waals surface area contributed by atoms with Crippen LogP contribution in [0.1, 0.15) is 18.9 Å². The summed E-state index contributed by atoms with van der Waals surface area (Å²) in [5, 5.41) is 0. The van der Waals surface area contributed by atoms with Crippen LogP contribution in [0.15, 0.2) is 48.1 Å². The Balaban J connectivity index is 2.02. The summed E-state index contributed by atoms with van der Waals surface area (Å²) >= 11 is 0. The average Bonchev–Trinajstić information content (AvgIpc) is 2.32. The molecular formula is C14H14O2. The molecule has 1 aromatic rings. The summed E-state index contributed by atoms with van der Waals surface area (Å²) in [4.78, 5) is 11.3. The van der Waals surface area contributed by atoms with Gasteiger partial charge >= 0.3 is 5.97 Å². The number of rotatable bonds is 2. The lowest BCUT2D eigenvalue weighted by molar-refractivity contribution is -0.143. The Morgan fingerprint density at radius 1 is 1.31 bits per heavy atom. The number of carbonyl (C=O) groups is 1. The summed E-state index contributed by atoms with van der Waals surface area (Å²) in [6.07, 6.45) is 6.46. The molecule has 1 heterocycles. The maximum absolute atomic E-state index is 11.3. The fraction of sp³-hybridized carbons (Fsp3) is 0.214. The zero-order valence-electron chi connectivity index (χ0n) is 9.22. The van der Waals surface area contributed by atoms with Gasteiger partial charge in [-0.1, -0.05) is 42.5 Å². The van der Waals surface area contributed by atoms with Gasteiger partial charge in [0.2, 0.25) is 0 Å². The quantitative estimate of drug-likeness (QED) is 0.707. The van der Waals surface area contributed by atoms with Gasteiger partial charge in [0.1, 0.15) is 6.10 Å². The van der Waals surface area contributed by atoms with Gasteiger partial charge in [0, 0.05) is 12.0 Å². The third kappa shape index (κ3) is 2.60. The highest BCUT2D eigenvalue weighted by atomic mass is 16.5. The third-order valence-electron chi connectivity index (χ3n) is 2.54. The number of benzene rings is 1. The highest BCUT2D eigenvalue weighted by Crippen LogP contribution is 2.15. The molecule has 0 aromatic heterocycles. The normalized spacial score (nSPS) is 20.7. The standard InChI is InChI=1S/C14H14O2/c1-11-7-9-13(16-14(11)15)10-8-12-5-3-2-4-6-12/h2-8,10,13H,9H2,1H3/b10-8+/t13-/m1/s1. The smallest absolute Gasteiger partial charge is 0.333 e. The maximum atomic E-state index is 11.3. The molecule has 0 unspecified atom stereocenters. The van der Waals surface area contributed by atoms with Gasteiger partial charge in [0.15, 0.2) is 0 Å². The summed E-state index contributed by atoms with van der Waals surface area (Å²) in [6, 6.07) is 9.97. The van der Waals surface area contributed by atoms with Crippen molar-refractivity contribution in [3.05, 3.63) is 53.6 Å². The Hall–Kier alpha value is -1.83. The van der Waals surface area contributed by atoms with Gasteiger partial charge in [-0.3, -0.25) is 0 Å². The number of ether oxygens (including phenoxy) is 1. The molecule has 1 atom stereocenters. The molecule has 2 heteroatoms. The van der Waals surface area contributed by atoms with Crippen LogP contribution in [0.25, 0.3) is 6.08 Å². The molecule has 0 saturated heterocycles. The van der Waals surface area contributed by atoms with Crippen LogP contribution in [0.3, 0.4) is 0 Å². The van der Waals surface area contributed by atoms with E-state index in [1.165, 1.54) is 0 Å². The first-order chi connectivity index (χ1) is 7.75. The van der Waals surface area contributed by atoms with Gasteiger partial charge in [0.05, 0.1) is 0 Å². The topological polar surface area (TPSA) is 26.3 Å². The van der Waals surface area contributed by atoms with Crippen LogP contribution in [0.5, 0.6) is 0 Å². The minimum absolute atomic E-state index is 0.128. The molecule has 0 N–H and O–H groups in total. The van der Waals surface area contributed by atoms with E-state index in [0.29, 0.717) is 5.57 Å². The van der Waals surface area contributed by atoms with Crippen molar-refractivity contribution in [2.24, 2.45) is 0 Å². The monoisotopic (exact) mass is 214 g/mol. The second-order valence-electron chi connectivity index (χ2n) is 3.84. The highest BCUT2D eigenvalue weighted by molar-refractivity contribution is 5.88. The van der Waals surface area contributed by atoms with Gasteiger partial charge in [0.25, 0.3) is 0 Å². The first-order valence-corrected chi connectivity index (χ1v) is 5.37. The number of esters is 1. The van der Waals surface area contributed by atoms with Crippen molar-refractivity contribution in [1.29, 1.82) is 0 Å². The highest BCUT2D eigenvalue weighted by Gasteiger charge is 2.17. The van der Waals surface area contributed by atoms with E-state index < -0.39 is 0 Å². The van der Waals surface area contributed by atoms with E-state index in [1.807, 2.05) is 48.6 Å². The lowest BCUT2D eigenvalue weighted by atomic mass is 10.1. The summed E-state index contributed by atoms with van der Waals surface area (Å²) in [5.41, 5.74) is 1.81. The molecule has 2 rings (SSSR count). The van der Waals surface area contributed by atoms with Gasteiger partial charge in [-0.25, -0.2) is 4.79 Å². The van der Waals surface area contributed by atoms with E-state index in [-0.39, 0.29) is 12.1 Å². The van der Waals surface area contributed by atoms with E-state index in [1.54, 1.807) is 6.92 Å². The number of hydrogen-bond donors (Lipinski definition) is 0. The third-order valence-corrected chi connectivity index (χ3v) is 2.54. The molecule has 1 aromatic carbocycles. The fourth-order valence-corrected chi connectivity index (χ4v) is 1.56. The van der Waals surface area contributed by atoms with E-state index in [4.69, 9.17) is 4.74 Å². The van der Waals surface area contributed by atoms with Gasteiger partial charge in [-0.2, -0.15) is 0 Å². The van der Waals surface area contributed by atoms with Crippen molar-refractivity contribution in [3.63, 3.8) is 0 Å². The lowest BCUT2D eigenvalue weighted by Crippen LogP contribution is -2.20. The van der Waals surface area contributed by atoms with Crippen LogP contribution in [-0.2, 0) is 9.53 Å². The van der Waals surface area contributed by atoms with Crippen LogP contribution in [-0.4, -0.2) is 12.1 Å². The van der Waals surface area contributed by atoms with Crippen molar-refractivity contribution in [3.8, 4) is 0 Å². The molecule has 1 aliphatic rings. The molecule has 0 fully saturated rings. The minimum Gasteiger partial charge on any atom is -0.454 e. The van der Waals surface area contributed by atoms with E-state index in [0.717, 1.165) is 12.0 Å². The van der Waals surface area contributed by atoms with Crippen LogP contribution in [0.4, 0.5) is 0 Å². The summed E-state index contributed by atoms with van der Waals surface area (Å²) in [5.74, 6) is -0.214. The van der Waals surface area contributed by atoms with Crippen molar-refractivity contribution < 1.29 is 9.53 Å². The number of hydrogen-bond acceptors (Lipinski definition) is 2. The second kappa shape index (κ2) is 4.79. The van der Waals surface area contributed by atoms with Crippen LogP contribution in [0.2, 0.25) is 0 Å². The fourth-order valence-electron chi connectivity index (χ4n) is 1.56. The Morgan fingerprint density at radius 2 is 2.06 bits per heavy atom. The second-order valence-corrected chi connectivity index (χ2v) is 3.84. The Morgan fingerprint density at radius 3 is 2.75 bits per heavy atom. The average molecular weight is 214 g/mol. The molecular weight excluding hydrogens is 200 g/mol. The maximum Gasteiger partial charge on any atom is 0.333 e. The molecule has 2 nitrogen and oxygen atoms in total. The molecule has 0 saturated carbocycles. The van der Waals surface area contributed by atoms with Crippen molar-refractivity contribution in [2.75, 3.05) is 0 Å². The van der Waals surface area contributed by atoms with Crippen LogP contribution in [0, 0.1) is 0 Å². The van der Waals surface area contributed by atoms with Crippen LogP contribution < -0.4 is 0 Å². The summed E-state index contributed by atoms with van der Waals surface area (Å²) in [6.45, 7) is 1.78. The van der Waals surface area contributed by atoms with Crippen molar-refractivity contribution in [1.82, 2.24) is 0 Å². The molecule has 82 valence electrons. The van der Waals surface area contributed by atoms with Gasteiger partial charge in [-0.05, 0) is 18.6 Å². The molecule has 16 heavy (non-hydrogen) atoms. The zero-order chi connectivity index (χ0) is 11.4. The van der Waals surface area contributed by atoms with Gasteiger partial charge < -0.3 is 4.74 Å². The summed E-state index contributed by atoms with van der Waals surface area (Å²) in [7, 11) is 0. The van der Waals surface area contributed by atoms with Crippen LogP contribution >= 0.6 is 0 Å². The van der Waals surface area contributed by atoms with Gasteiger partial charge in [-0.15, -0.1) is 0 Å². The largest absolute Gasteiger partial charge is 0.454 e. The predicted octanol–water partition coefficient (Wildman–Crippen LogP) is 2.96. The molecule has 0 aliphatic carbocycles. The Bertz CT molecular complexity index is 429. The van der Waals surface area contributed by atoms with Crippen molar-refractivity contribution >= 4 is 12.0 Å². The molecule has 0 amide bonds. The van der Waals surface area contributed by atoms with E-state index in [2.05, 4.69) is 0 Å². The molecule has 0 bridgehead atoms. The molecule has 0 spiro atoms. The molecule has 0 radical (unpaired) electrons. The van der Waals surface area contributed by atoms with E-state index in [9.17, 15) is 4.79 Å². The minimum atomic E-state index is -0.214. The zero-order valence-corrected chi connectivity index (χ0v) is 9.22.